The highest BCUT2D eigenvalue weighted by atomic mass is 15.2. The van der Waals surface area contributed by atoms with Crippen LogP contribution < -0.4 is 11.5 Å². The van der Waals surface area contributed by atoms with E-state index in [0.717, 1.165) is 12.8 Å². The summed E-state index contributed by atoms with van der Waals surface area (Å²) in [6.45, 7) is 0. The molecule has 0 amide bonds. The Labute approximate surface area is 79.0 Å². The van der Waals surface area contributed by atoms with Crippen molar-refractivity contribution in [3.63, 3.8) is 0 Å². The summed E-state index contributed by atoms with van der Waals surface area (Å²) in [5.41, 5.74) is 10.8. The molecule has 4 heteroatoms. The maximum atomic E-state index is 5.38. The smallest absolute Gasteiger partial charge is 0.186 e. The number of aliphatic imine (C=N–C) groups is 1. The molecule has 0 aromatic carbocycles. The molecule has 2 rings (SSSR count). The van der Waals surface area contributed by atoms with Crippen LogP contribution in [0.25, 0.3) is 0 Å². The molecule has 2 aliphatic heterocycles. The van der Waals surface area contributed by atoms with Gasteiger partial charge in [-0.2, -0.15) is 0 Å². The molecule has 0 aromatic heterocycles. The second-order valence-corrected chi connectivity index (χ2v) is 4.23. The predicted molar refractivity (Wildman–Crippen MR) is 53.4 cm³/mol. The number of piperidine rings is 1. The van der Waals surface area contributed by atoms with E-state index in [9.17, 15) is 0 Å². The van der Waals surface area contributed by atoms with Crippen LogP contribution in [0.5, 0.6) is 0 Å². The van der Waals surface area contributed by atoms with Gasteiger partial charge in [0.1, 0.15) is 0 Å². The Bertz CT molecular complexity index is 208. The second kappa shape index (κ2) is 3.18. The number of nitrogens with zero attached hydrogens (tertiary/aromatic N) is 2. The minimum absolute atomic E-state index is 0.244. The van der Waals surface area contributed by atoms with Gasteiger partial charge in [-0.1, -0.05) is 0 Å². The average Bonchev–Trinajstić information content (AvgIpc) is 2.33. The number of nitrogens with two attached hydrogens (primary N) is 2. The number of guanidine groups is 1. The SMILES string of the molecule is CN1C2CCC1CC(N=C(N)N)C2. The lowest BCUT2D eigenvalue weighted by molar-refractivity contribution is 0.163. The third-order valence-corrected chi connectivity index (χ3v) is 3.40. The molecule has 2 bridgehead atoms. The molecule has 0 spiro atoms. The van der Waals surface area contributed by atoms with Crippen molar-refractivity contribution >= 4 is 5.96 Å². The molecule has 2 atom stereocenters. The van der Waals surface area contributed by atoms with Crippen molar-refractivity contribution in [3.05, 3.63) is 0 Å². The molecular weight excluding hydrogens is 164 g/mol. The van der Waals surface area contributed by atoms with Crippen LogP contribution in [0.4, 0.5) is 0 Å². The summed E-state index contributed by atoms with van der Waals surface area (Å²) in [5, 5.41) is 0. The van der Waals surface area contributed by atoms with Crippen LogP contribution in [-0.4, -0.2) is 36.0 Å². The lowest BCUT2D eigenvalue weighted by Crippen LogP contribution is -2.42. The summed E-state index contributed by atoms with van der Waals surface area (Å²) in [7, 11) is 2.22. The van der Waals surface area contributed by atoms with Gasteiger partial charge >= 0.3 is 0 Å². The summed E-state index contributed by atoms with van der Waals surface area (Å²) >= 11 is 0. The van der Waals surface area contributed by atoms with Crippen molar-refractivity contribution in [2.45, 2.75) is 43.8 Å². The van der Waals surface area contributed by atoms with Gasteiger partial charge in [-0.25, -0.2) is 0 Å². The van der Waals surface area contributed by atoms with Gasteiger partial charge in [-0.15, -0.1) is 0 Å². The van der Waals surface area contributed by atoms with E-state index < -0.39 is 0 Å². The molecule has 4 nitrogen and oxygen atoms in total. The van der Waals surface area contributed by atoms with Gasteiger partial charge in [-0.05, 0) is 32.7 Å². The largest absolute Gasteiger partial charge is 0.370 e. The zero-order valence-corrected chi connectivity index (χ0v) is 8.11. The minimum atomic E-state index is 0.244. The fourth-order valence-electron chi connectivity index (χ4n) is 2.70. The van der Waals surface area contributed by atoms with E-state index in [4.69, 9.17) is 11.5 Å². The Hall–Kier alpha value is -0.770. The molecule has 2 aliphatic rings. The average molecular weight is 182 g/mol. The fraction of sp³-hybridized carbons (Fsp3) is 0.889. The first-order valence-corrected chi connectivity index (χ1v) is 4.97. The van der Waals surface area contributed by atoms with Gasteiger partial charge < -0.3 is 16.4 Å². The lowest BCUT2D eigenvalue weighted by Gasteiger charge is -2.34. The Morgan fingerprint density at radius 1 is 1.23 bits per heavy atom. The van der Waals surface area contributed by atoms with E-state index >= 15 is 0 Å². The molecule has 2 unspecified atom stereocenters. The molecule has 2 heterocycles. The van der Waals surface area contributed by atoms with Crippen molar-refractivity contribution in [1.82, 2.24) is 4.90 Å². The Kier molecular flexibility index (Phi) is 2.15. The summed E-state index contributed by atoms with van der Waals surface area (Å²) in [6, 6.07) is 1.80. The molecule has 4 N–H and O–H groups in total. The topological polar surface area (TPSA) is 67.6 Å². The molecule has 2 fully saturated rings. The quantitative estimate of drug-likeness (QED) is 0.439. The zero-order valence-electron chi connectivity index (χ0n) is 8.11. The molecule has 0 aromatic rings. The lowest BCUT2D eigenvalue weighted by atomic mass is 9.99. The van der Waals surface area contributed by atoms with Gasteiger partial charge in [0.2, 0.25) is 0 Å². The first kappa shape index (κ1) is 8.81. The molecule has 13 heavy (non-hydrogen) atoms. The Balaban J connectivity index is 2.03. The maximum absolute atomic E-state index is 5.38. The van der Waals surface area contributed by atoms with Gasteiger partial charge in [0.15, 0.2) is 5.96 Å². The third-order valence-electron chi connectivity index (χ3n) is 3.40. The van der Waals surface area contributed by atoms with E-state index in [0.29, 0.717) is 18.1 Å². The molecule has 0 saturated carbocycles. The van der Waals surface area contributed by atoms with Crippen LogP contribution in [-0.2, 0) is 0 Å². The van der Waals surface area contributed by atoms with Crippen molar-refractivity contribution in [2.75, 3.05) is 7.05 Å². The molecule has 0 radical (unpaired) electrons. The van der Waals surface area contributed by atoms with Gasteiger partial charge in [-0.3, -0.25) is 4.99 Å². The van der Waals surface area contributed by atoms with Crippen LogP contribution in [0, 0.1) is 0 Å². The van der Waals surface area contributed by atoms with Crippen molar-refractivity contribution in [2.24, 2.45) is 16.5 Å². The highest BCUT2D eigenvalue weighted by molar-refractivity contribution is 5.75. The van der Waals surface area contributed by atoms with Crippen molar-refractivity contribution in [3.8, 4) is 0 Å². The Morgan fingerprint density at radius 3 is 2.23 bits per heavy atom. The van der Waals surface area contributed by atoms with Crippen LogP contribution in [0.2, 0.25) is 0 Å². The molecule has 2 saturated heterocycles. The summed E-state index contributed by atoms with van der Waals surface area (Å²) in [5.74, 6) is 0.244. The predicted octanol–water partition coefficient (Wildman–Crippen LogP) is -0.115. The first-order chi connectivity index (χ1) is 6.16. The van der Waals surface area contributed by atoms with Crippen molar-refractivity contribution < 1.29 is 0 Å². The number of hydrogen-bond donors (Lipinski definition) is 2. The van der Waals surface area contributed by atoms with Gasteiger partial charge in [0, 0.05) is 12.1 Å². The van der Waals surface area contributed by atoms with E-state index in [-0.39, 0.29) is 5.96 Å². The number of hydrogen-bond acceptors (Lipinski definition) is 2. The third kappa shape index (κ3) is 1.63. The standard InChI is InChI=1S/C9H18N4/c1-13-7-2-3-8(13)5-6(4-7)12-9(10)11/h6-8H,2-5H2,1H3,(H4,10,11,12). The summed E-state index contributed by atoms with van der Waals surface area (Å²) in [4.78, 5) is 6.74. The highest BCUT2D eigenvalue weighted by Gasteiger charge is 2.38. The summed E-state index contributed by atoms with van der Waals surface area (Å²) in [6.07, 6.45) is 4.89. The first-order valence-electron chi connectivity index (χ1n) is 4.97. The minimum Gasteiger partial charge on any atom is -0.370 e. The molecule has 74 valence electrons. The van der Waals surface area contributed by atoms with Crippen LogP contribution >= 0.6 is 0 Å². The monoisotopic (exact) mass is 182 g/mol. The second-order valence-electron chi connectivity index (χ2n) is 4.23. The zero-order chi connectivity index (χ0) is 9.42. The Morgan fingerprint density at radius 2 is 1.77 bits per heavy atom. The van der Waals surface area contributed by atoms with Gasteiger partial charge in [0.25, 0.3) is 0 Å². The maximum Gasteiger partial charge on any atom is 0.186 e. The van der Waals surface area contributed by atoms with Crippen LogP contribution in [0.15, 0.2) is 4.99 Å². The van der Waals surface area contributed by atoms with Crippen LogP contribution in [0.1, 0.15) is 25.7 Å². The normalized spacial score (nSPS) is 39.0. The number of fused-ring (bicyclic) bond motifs is 2. The number of rotatable bonds is 1. The molecule has 0 aliphatic carbocycles. The summed E-state index contributed by atoms with van der Waals surface area (Å²) < 4.78 is 0. The highest BCUT2D eigenvalue weighted by Crippen LogP contribution is 2.35. The van der Waals surface area contributed by atoms with Crippen LogP contribution in [0.3, 0.4) is 0 Å². The fourth-order valence-corrected chi connectivity index (χ4v) is 2.70. The van der Waals surface area contributed by atoms with Gasteiger partial charge in [0.05, 0.1) is 6.04 Å². The van der Waals surface area contributed by atoms with E-state index in [2.05, 4.69) is 16.9 Å². The van der Waals surface area contributed by atoms with E-state index in [1.165, 1.54) is 12.8 Å². The van der Waals surface area contributed by atoms with Crippen molar-refractivity contribution in [1.29, 1.82) is 0 Å². The van der Waals surface area contributed by atoms with E-state index in [1.807, 2.05) is 0 Å². The van der Waals surface area contributed by atoms with E-state index in [1.54, 1.807) is 0 Å². The molecular formula is C9H18N4.